The predicted molar refractivity (Wildman–Crippen MR) is 103 cm³/mol. The second kappa shape index (κ2) is 7.84. The van der Waals surface area contributed by atoms with Crippen molar-refractivity contribution in [1.82, 2.24) is 20.1 Å². The Morgan fingerprint density at radius 2 is 1.78 bits per heavy atom. The lowest BCUT2D eigenvalue weighted by atomic mass is 9.72. The first-order valence-electron chi connectivity index (χ1n) is 8.95. The number of methoxy groups -OCH3 is 1. The normalized spacial score (nSPS) is 13.7. The average Bonchev–Trinajstić information content (AvgIpc) is 3.15. The smallest absolute Gasteiger partial charge is 0.228 e. The monoisotopic (exact) mass is 367 g/mol. The third-order valence-electron chi connectivity index (χ3n) is 5.10. The second-order valence-electron chi connectivity index (χ2n) is 7.02. The maximum atomic E-state index is 5.56. The zero-order chi connectivity index (χ0) is 19.4. The third-order valence-corrected chi connectivity index (χ3v) is 5.10. The minimum Gasteiger partial charge on any atom is -0.384 e. The molecule has 2 heterocycles. The van der Waals surface area contributed by atoms with Crippen LogP contribution < -0.4 is 5.73 Å². The van der Waals surface area contributed by atoms with Crippen molar-refractivity contribution in [3.05, 3.63) is 53.9 Å². The number of hydrogen-bond acceptors (Lipinski definition) is 7. The van der Waals surface area contributed by atoms with E-state index in [0.29, 0.717) is 24.7 Å². The zero-order valence-corrected chi connectivity index (χ0v) is 16.1. The molecule has 27 heavy (non-hydrogen) atoms. The van der Waals surface area contributed by atoms with Crippen molar-refractivity contribution >= 4 is 5.95 Å². The molecule has 3 rings (SSSR count). The van der Waals surface area contributed by atoms with E-state index in [-0.39, 0.29) is 17.3 Å². The Morgan fingerprint density at radius 1 is 1.11 bits per heavy atom. The van der Waals surface area contributed by atoms with Crippen molar-refractivity contribution in [2.45, 2.75) is 32.6 Å². The summed E-state index contributed by atoms with van der Waals surface area (Å²) in [4.78, 5) is 12.7. The molecule has 2 aromatic heterocycles. The van der Waals surface area contributed by atoms with Crippen LogP contribution in [0.3, 0.4) is 0 Å². The number of nitrogens with zero attached hydrogens (tertiary/aromatic N) is 4. The highest BCUT2D eigenvalue weighted by Gasteiger charge is 2.37. The van der Waals surface area contributed by atoms with Crippen LogP contribution in [0.2, 0.25) is 0 Å². The van der Waals surface area contributed by atoms with E-state index in [1.807, 2.05) is 0 Å². The Bertz CT molecular complexity index is 874. The van der Waals surface area contributed by atoms with Gasteiger partial charge in [0, 0.05) is 25.1 Å². The Morgan fingerprint density at radius 3 is 2.37 bits per heavy atom. The van der Waals surface area contributed by atoms with Gasteiger partial charge < -0.3 is 15.0 Å². The summed E-state index contributed by atoms with van der Waals surface area (Å²) < 4.78 is 10.5. The Hall–Kier alpha value is -2.80. The van der Waals surface area contributed by atoms with Gasteiger partial charge in [-0.15, -0.1) is 0 Å². The number of anilines is 1. The van der Waals surface area contributed by atoms with Gasteiger partial charge in [0.25, 0.3) is 0 Å². The number of ether oxygens (including phenoxy) is 1. The van der Waals surface area contributed by atoms with E-state index in [9.17, 15) is 0 Å². The van der Waals surface area contributed by atoms with Crippen molar-refractivity contribution in [3.63, 3.8) is 0 Å². The summed E-state index contributed by atoms with van der Waals surface area (Å²) in [6.45, 7) is 7.02. The van der Waals surface area contributed by atoms with Gasteiger partial charge in [0.15, 0.2) is 5.82 Å². The average molecular weight is 367 g/mol. The molecule has 1 unspecified atom stereocenters. The molecule has 0 saturated heterocycles. The molecular weight excluding hydrogens is 342 g/mol. The molecule has 0 aliphatic carbocycles. The molecule has 0 radical (unpaired) electrons. The summed E-state index contributed by atoms with van der Waals surface area (Å²) in [5.74, 6) is 1.82. The van der Waals surface area contributed by atoms with Gasteiger partial charge >= 0.3 is 0 Å². The third kappa shape index (κ3) is 3.83. The first-order valence-corrected chi connectivity index (χ1v) is 8.95. The fourth-order valence-corrected chi connectivity index (χ4v) is 2.97. The van der Waals surface area contributed by atoms with E-state index in [1.165, 1.54) is 0 Å². The lowest BCUT2D eigenvalue weighted by Gasteiger charge is -2.31. The van der Waals surface area contributed by atoms with E-state index in [0.717, 1.165) is 16.7 Å². The number of nitrogens with two attached hydrogens (primary N) is 1. The van der Waals surface area contributed by atoms with Gasteiger partial charge in [-0.25, -0.2) is 9.97 Å². The molecule has 0 aliphatic rings. The molecule has 0 aliphatic heterocycles. The first-order chi connectivity index (χ1) is 12.9. The molecule has 7 nitrogen and oxygen atoms in total. The Labute approximate surface area is 159 Å². The van der Waals surface area contributed by atoms with Crippen LogP contribution in [0.25, 0.3) is 11.1 Å². The van der Waals surface area contributed by atoms with Crippen molar-refractivity contribution in [2.24, 2.45) is 5.92 Å². The maximum Gasteiger partial charge on any atom is 0.228 e. The standard InChI is InChI=1S/C20H25N5O2/c1-13(2)20(3,18-24-17(27-25-18)9-10-26-4)16-7-5-14(6-8-16)15-11-22-19(21)23-12-15/h5-8,11-13H,9-10H2,1-4H3,(H2,21,22,23). The van der Waals surface area contributed by atoms with E-state index in [2.05, 4.69) is 65.1 Å². The maximum absolute atomic E-state index is 5.56. The molecule has 0 amide bonds. The van der Waals surface area contributed by atoms with Gasteiger partial charge in [-0.1, -0.05) is 43.3 Å². The molecule has 7 heteroatoms. The number of benzene rings is 1. The summed E-state index contributed by atoms with van der Waals surface area (Å²) in [5.41, 5.74) is 8.26. The molecule has 2 N–H and O–H groups in total. The summed E-state index contributed by atoms with van der Waals surface area (Å²) >= 11 is 0. The van der Waals surface area contributed by atoms with E-state index >= 15 is 0 Å². The quantitative estimate of drug-likeness (QED) is 0.684. The fraction of sp³-hybridized carbons (Fsp3) is 0.400. The summed E-state index contributed by atoms with van der Waals surface area (Å²) in [5, 5.41) is 4.25. The lowest BCUT2D eigenvalue weighted by molar-refractivity contribution is 0.192. The van der Waals surface area contributed by atoms with Crippen molar-refractivity contribution in [1.29, 1.82) is 0 Å². The molecule has 1 atom stereocenters. The predicted octanol–water partition coefficient (Wildman–Crippen LogP) is 3.26. The molecular formula is C20H25N5O2. The van der Waals surface area contributed by atoms with Crippen molar-refractivity contribution in [2.75, 3.05) is 19.5 Å². The van der Waals surface area contributed by atoms with Gasteiger partial charge in [0.05, 0.1) is 18.4 Å². The number of rotatable bonds is 7. The molecule has 0 fully saturated rings. The van der Waals surface area contributed by atoms with E-state index in [4.69, 9.17) is 15.0 Å². The largest absolute Gasteiger partial charge is 0.384 e. The minimum absolute atomic E-state index is 0.268. The topological polar surface area (TPSA) is 100.0 Å². The van der Waals surface area contributed by atoms with Crippen LogP contribution in [-0.4, -0.2) is 33.8 Å². The molecule has 0 saturated carbocycles. The van der Waals surface area contributed by atoms with Crippen LogP contribution in [0.4, 0.5) is 5.95 Å². The van der Waals surface area contributed by atoms with Crippen molar-refractivity contribution in [3.8, 4) is 11.1 Å². The highest BCUT2D eigenvalue weighted by Crippen LogP contribution is 2.38. The van der Waals surface area contributed by atoms with E-state index in [1.54, 1.807) is 19.5 Å². The first kappa shape index (κ1) is 19.0. The Balaban J connectivity index is 1.92. The SMILES string of the molecule is COCCc1nc(C(C)(c2ccc(-c3cnc(N)nc3)cc2)C(C)C)no1. The molecule has 0 spiro atoms. The van der Waals surface area contributed by atoms with Crippen molar-refractivity contribution < 1.29 is 9.26 Å². The molecule has 0 bridgehead atoms. The Kier molecular flexibility index (Phi) is 5.51. The van der Waals surface area contributed by atoms with Crippen LogP contribution in [0.1, 0.15) is 38.0 Å². The highest BCUT2D eigenvalue weighted by molar-refractivity contribution is 5.62. The number of aromatic nitrogens is 4. The van der Waals surface area contributed by atoms with Crippen LogP contribution in [0, 0.1) is 5.92 Å². The summed E-state index contributed by atoms with van der Waals surface area (Å²) in [7, 11) is 1.66. The highest BCUT2D eigenvalue weighted by atomic mass is 16.5. The summed E-state index contributed by atoms with van der Waals surface area (Å²) in [6.07, 6.45) is 4.05. The van der Waals surface area contributed by atoms with Crippen LogP contribution >= 0.6 is 0 Å². The number of hydrogen-bond donors (Lipinski definition) is 1. The minimum atomic E-state index is -0.370. The second-order valence-corrected chi connectivity index (χ2v) is 7.02. The van der Waals surface area contributed by atoms with Gasteiger partial charge in [-0.2, -0.15) is 4.98 Å². The van der Waals surface area contributed by atoms with Gasteiger partial charge in [-0.3, -0.25) is 0 Å². The van der Waals surface area contributed by atoms with Crippen LogP contribution in [-0.2, 0) is 16.6 Å². The molecule has 3 aromatic rings. The lowest BCUT2D eigenvalue weighted by Crippen LogP contribution is -2.31. The zero-order valence-electron chi connectivity index (χ0n) is 16.1. The van der Waals surface area contributed by atoms with Crippen LogP contribution in [0.15, 0.2) is 41.2 Å². The van der Waals surface area contributed by atoms with Gasteiger partial charge in [0.1, 0.15) is 0 Å². The van der Waals surface area contributed by atoms with Crippen LogP contribution in [0.5, 0.6) is 0 Å². The van der Waals surface area contributed by atoms with Gasteiger partial charge in [0.2, 0.25) is 11.8 Å². The molecule has 142 valence electrons. The number of nitrogen functional groups attached to an aromatic ring is 1. The molecule has 1 aromatic carbocycles. The summed E-state index contributed by atoms with van der Waals surface area (Å²) in [6, 6.07) is 8.29. The fourth-order valence-electron chi connectivity index (χ4n) is 2.97. The van der Waals surface area contributed by atoms with E-state index < -0.39 is 0 Å². The van der Waals surface area contributed by atoms with Gasteiger partial charge in [-0.05, 0) is 24.0 Å².